The van der Waals surface area contributed by atoms with Crippen molar-refractivity contribution >= 4 is 0 Å². The SMILES string of the molecule is CCNCc1cn(Cc2nncn2C)nn1. The van der Waals surface area contributed by atoms with Crippen LogP contribution in [0, 0.1) is 0 Å². The average Bonchev–Trinajstić information content (AvgIpc) is 2.87. The van der Waals surface area contributed by atoms with Crippen LogP contribution in [0.15, 0.2) is 12.5 Å². The van der Waals surface area contributed by atoms with Gasteiger partial charge in [-0.3, -0.25) is 0 Å². The maximum Gasteiger partial charge on any atom is 0.154 e. The second kappa shape index (κ2) is 4.84. The van der Waals surface area contributed by atoms with Crippen molar-refractivity contribution in [3.8, 4) is 0 Å². The van der Waals surface area contributed by atoms with E-state index < -0.39 is 0 Å². The maximum atomic E-state index is 4.06. The molecule has 0 radical (unpaired) electrons. The van der Waals surface area contributed by atoms with E-state index in [0.29, 0.717) is 6.54 Å². The summed E-state index contributed by atoms with van der Waals surface area (Å²) in [6.07, 6.45) is 3.59. The molecule has 0 unspecified atom stereocenters. The van der Waals surface area contributed by atoms with E-state index in [4.69, 9.17) is 0 Å². The van der Waals surface area contributed by atoms with Gasteiger partial charge in [-0.05, 0) is 6.54 Å². The molecule has 16 heavy (non-hydrogen) atoms. The lowest BCUT2D eigenvalue weighted by Gasteiger charge is -1.98. The van der Waals surface area contributed by atoms with E-state index in [1.54, 1.807) is 11.0 Å². The third-order valence-electron chi connectivity index (χ3n) is 2.25. The summed E-state index contributed by atoms with van der Waals surface area (Å²) in [4.78, 5) is 0. The summed E-state index contributed by atoms with van der Waals surface area (Å²) in [6.45, 7) is 4.32. The van der Waals surface area contributed by atoms with Crippen molar-refractivity contribution in [2.45, 2.75) is 20.0 Å². The fourth-order valence-corrected chi connectivity index (χ4v) is 1.35. The molecule has 2 aromatic rings. The molecule has 2 aromatic heterocycles. The first-order chi connectivity index (χ1) is 7.79. The van der Waals surface area contributed by atoms with Crippen molar-refractivity contribution in [1.82, 2.24) is 35.1 Å². The Kier molecular flexibility index (Phi) is 3.25. The van der Waals surface area contributed by atoms with Gasteiger partial charge in [-0.15, -0.1) is 15.3 Å². The zero-order valence-corrected chi connectivity index (χ0v) is 9.46. The lowest BCUT2D eigenvalue weighted by atomic mass is 10.4. The first-order valence-corrected chi connectivity index (χ1v) is 5.22. The molecule has 0 atom stereocenters. The predicted octanol–water partition coefficient (Wildman–Crippen LogP) is -0.436. The number of rotatable bonds is 5. The summed E-state index contributed by atoms with van der Waals surface area (Å²) in [7, 11) is 1.91. The Bertz CT molecular complexity index is 444. The molecule has 0 saturated heterocycles. The van der Waals surface area contributed by atoms with Crippen LogP contribution < -0.4 is 5.32 Å². The van der Waals surface area contributed by atoms with Crippen molar-refractivity contribution in [1.29, 1.82) is 0 Å². The standard InChI is InChI=1S/C9H15N7/c1-3-10-4-8-5-16(14-12-8)6-9-13-11-7-15(9)2/h5,7,10H,3-4,6H2,1-2H3. The molecular formula is C9H15N7. The number of nitrogens with zero attached hydrogens (tertiary/aromatic N) is 6. The number of aromatic nitrogens is 6. The zero-order chi connectivity index (χ0) is 11.4. The fourth-order valence-electron chi connectivity index (χ4n) is 1.35. The summed E-state index contributed by atoms with van der Waals surface area (Å²) < 4.78 is 3.63. The van der Waals surface area contributed by atoms with E-state index in [-0.39, 0.29) is 0 Å². The highest BCUT2D eigenvalue weighted by molar-refractivity contribution is 4.94. The molecule has 0 spiro atoms. The Morgan fingerprint density at radius 3 is 2.94 bits per heavy atom. The van der Waals surface area contributed by atoms with Crippen LogP contribution in [0.25, 0.3) is 0 Å². The van der Waals surface area contributed by atoms with Gasteiger partial charge in [0.2, 0.25) is 0 Å². The minimum atomic E-state index is 0.593. The van der Waals surface area contributed by atoms with E-state index in [1.807, 2.05) is 17.8 Å². The van der Waals surface area contributed by atoms with E-state index in [9.17, 15) is 0 Å². The van der Waals surface area contributed by atoms with Gasteiger partial charge in [-0.2, -0.15) is 0 Å². The van der Waals surface area contributed by atoms with E-state index in [1.165, 1.54) is 0 Å². The van der Waals surface area contributed by atoms with Crippen molar-refractivity contribution < 1.29 is 0 Å². The van der Waals surface area contributed by atoms with Gasteiger partial charge in [0.05, 0.1) is 11.9 Å². The fraction of sp³-hybridized carbons (Fsp3) is 0.556. The zero-order valence-electron chi connectivity index (χ0n) is 9.46. The van der Waals surface area contributed by atoms with Crippen LogP contribution in [0.1, 0.15) is 18.4 Å². The highest BCUT2D eigenvalue weighted by Gasteiger charge is 2.04. The Morgan fingerprint density at radius 1 is 1.38 bits per heavy atom. The summed E-state index contributed by atoms with van der Waals surface area (Å²) in [5.74, 6) is 0.861. The Labute approximate surface area is 93.5 Å². The molecule has 0 aliphatic rings. The number of aryl methyl sites for hydroxylation is 1. The predicted molar refractivity (Wildman–Crippen MR) is 57.5 cm³/mol. The van der Waals surface area contributed by atoms with Crippen molar-refractivity contribution in [3.05, 3.63) is 24.0 Å². The molecule has 1 N–H and O–H groups in total. The topological polar surface area (TPSA) is 73.5 Å². The Hall–Kier alpha value is -1.76. The monoisotopic (exact) mass is 221 g/mol. The van der Waals surface area contributed by atoms with E-state index >= 15 is 0 Å². The molecule has 2 heterocycles. The lowest BCUT2D eigenvalue weighted by molar-refractivity contribution is 0.605. The van der Waals surface area contributed by atoms with E-state index in [2.05, 4.69) is 32.7 Å². The van der Waals surface area contributed by atoms with Crippen LogP contribution in [0.5, 0.6) is 0 Å². The van der Waals surface area contributed by atoms with Gasteiger partial charge in [0.1, 0.15) is 12.9 Å². The van der Waals surface area contributed by atoms with Crippen LogP contribution in [0.4, 0.5) is 0 Å². The largest absolute Gasteiger partial charge is 0.319 e. The Balaban J connectivity index is 2.00. The summed E-state index contributed by atoms with van der Waals surface area (Å²) in [5, 5.41) is 19.1. The molecule has 0 aromatic carbocycles. The minimum Gasteiger partial charge on any atom is -0.319 e. The number of hydrogen-bond donors (Lipinski definition) is 1. The van der Waals surface area contributed by atoms with Crippen LogP contribution >= 0.6 is 0 Å². The van der Waals surface area contributed by atoms with Gasteiger partial charge >= 0.3 is 0 Å². The third-order valence-corrected chi connectivity index (χ3v) is 2.25. The molecule has 0 saturated carbocycles. The second-order valence-electron chi connectivity index (χ2n) is 3.55. The number of nitrogens with one attached hydrogen (secondary N) is 1. The quantitative estimate of drug-likeness (QED) is 0.741. The molecule has 2 rings (SSSR count). The highest BCUT2D eigenvalue weighted by Crippen LogP contribution is 1.97. The van der Waals surface area contributed by atoms with Crippen LogP contribution in [0.2, 0.25) is 0 Å². The first-order valence-electron chi connectivity index (χ1n) is 5.22. The van der Waals surface area contributed by atoms with Gasteiger partial charge in [0.25, 0.3) is 0 Å². The molecule has 0 fully saturated rings. The minimum absolute atomic E-state index is 0.593. The second-order valence-corrected chi connectivity index (χ2v) is 3.55. The third kappa shape index (κ3) is 2.43. The average molecular weight is 221 g/mol. The Morgan fingerprint density at radius 2 is 2.25 bits per heavy atom. The maximum absolute atomic E-state index is 4.06. The van der Waals surface area contributed by atoms with Crippen LogP contribution in [-0.4, -0.2) is 36.3 Å². The summed E-state index contributed by atoms with van der Waals surface area (Å²) >= 11 is 0. The van der Waals surface area contributed by atoms with Gasteiger partial charge in [-0.1, -0.05) is 12.1 Å². The normalized spacial score (nSPS) is 10.9. The van der Waals surface area contributed by atoms with Crippen molar-refractivity contribution in [3.63, 3.8) is 0 Å². The lowest BCUT2D eigenvalue weighted by Crippen LogP contribution is -2.11. The van der Waals surface area contributed by atoms with Crippen LogP contribution in [-0.2, 0) is 20.1 Å². The highest BCUT2D eigenvalue weighted by atomic mass is 15.4. The van der Waals surface area contributed by atoms with Gasteiger partial charge in [-0.25, -0.2) is 4.68 Å². The molecule has 0 bridgehead atoms. The molecule has 0 aliphatic carbocycles. The first kappa shape index (κ1) is 10.7. The molecule has 7 nitrogen and oxygen atoms in total. The molecule has 0 amide bonds. The van der Waals surface area contributed by atoms with Gasteiger partial charge in [0, 0.05) is 13.6 Å². The summed E-state index contributed by atoms with van der Waals surface area (Å²) in [6, 6.07) is 0. The summed E-state index contributed by atoms with van der Waals surface area (Å²) in [5.41, 5.74) is 0.934. The van der Waals surface area contributed by atoms with Gasteiger partial charge in [0.15, 0.2) is 5.82 Å². The van der Waals surface area contributed by atoms with E-state index in [0.717, 1.165) is 24.6 Å². The van der Waals surface area contributed by atoms with Crippen molar-refractivity contribution in [2.24, 2.45) is 7.05 Å². The molecular weight excluding hydrogens is 206 g/mol. The molecule has 0 aliphatic heterocycles. The van der Waals surface area contributed by atoms with Gasteiger partial charge < -0.3 is 9.88 Å². The smallest absolute Gasteiger partial charge is 0.154 e. The van der Waals surface area contributed by atoms with Crippen LogP contribution in [0.3, 0.4) is 0 Å². The molecule has 7 heteroatoms. The number of hydrogen-bond acceptors (Lipinski definition) is 5. The molecule has 86 valence electrons. The van der Waals surface area contributed by atoms with Crippen molar-refractivity contribution in [2.75, 3.05) is 6.54 Å².